The predicted molar refractivity (Wildman–Crippen MR) is 126 cm³/mol. The molecule has 0 saturated heterocycles. The minimum atomic E-state index is -5.08. The van der Waals surface area contributed by atoms with E-state index in [1.54, 1.807) is 0 Å². The van der Waals surface area contributed by atoms with E-state index < -0.39 is 18.1 Å². The largest absolute Gasteiger partial charge is 0.490 e. The van der Waals surface area contributed by atoms with Crippen LogP contribution in [0.3, 0.4) is 0 Å². The van der Waals surface area contributed by atoms with Gasteiger partial charge in [0.25, 0.3) is 0 Å². The molecule has 0 bridgehead atoms. The van der Waals surface area contributed by atoms with Gasteiger partial charge >= 0.3 is 18.1 Å². The zero-order chi connectivity index (χ0) is 26.8. The van der Waals surface area contributed by atoms with Crippen molar-refractivity contribution in [2.45, 2.75) is 57.0 Å². The third-order valence-corrected chi connectivity index (χ3v) is 5.65. The van der Waals surface area contributed by atoms with E-state index in [2.05, 4.69) is 27.6 Å². The van der Waals surface area contributed by atoms with E-state index in [-0.39, 0.29) is 12.3 Å². The zero-order valence-electron chi connectivity index (χ0n) is 19.9. The number of carbonyl (C=O) groups is 2. The molecular formula is C25H27F3N4O5. The van der Waals surface area contributed by atoms with Gasteiger partial charge in [-0.3, -0.25) is 4.79 Å². The summed E-state index contributed by atoms with van der Waals surface area (Å²) in [6.45, 7) is 0.987. The van der Waals surface area contributed by atoms with E-state index in [0.29, 0.717) is 24.6 Å². The molecule has 0 fully saturated rings. The number of alkyl halides is 3. The molecule has 1 unspecified atom stereocenters. The Bertz CT molecular complexity index is 1180. The number of carboxylic acids is 2. The molecule has 1 aliphatic heterocycles. The van der Waals surface area contributed by atoms with Crippen molar-refractivity contribution in [2.24, 2.45) is 0 Å². The number of benzene rings is 1. The maximum atomic E-state index is 11.3. The highest BCUT2D eigenvalue weighted by Crippen LogP contribution is 2.24. The lowest BCUT2D eigenvalue weighted by atomic mass is 9.92. The number of halogens is 3. The fraction of sp³-hybridized carbons (Fsp3) is 0.400. The molecule has 198 valence electrons. The van der Waals surface area contributed by atoms with Gasteiger partial charge in [0.2, 0.25) is 5.89 Å². The smallest absolute Gasteiger partial charge is 0.481 e. The van der Waals surface area contributed by atoms with E-state index in [0.717, 1.165) is 49.3 Å². The van der Waals surface area contributed by atoms with Crippen molar-refractivity contribution in [1.29, 1.82) is 0 Å². The van der Waals surface area contributed by atoms with E-state index in [9.17, 15) is 23.1 Å². The van der Waals surface area contributed by atoms with Gasteiger partial charge in [-0.15, -0.1) is 0 Å². The van der Waals surface area contributed by atoms with Crippen LogP contribution < -0.4 is 5.32 Å². The normalized spacial score (nSPS) is 13.5. The van der Waals surface area contributed by atoms with Gasteiger partial charge in [-0.1, -0.05) is 41.6 Å². The Hall–Kier alpha value is -3.96. The fourth-order valence-corrected chi connectivity index (χ4v) is 3.86. The zero-order valence-corrected chi connectivity index (χ0v) is 19.9. The standard InChI is InChI=1S/C23H26N4O3.C2HF3O2/c28-22(29)15-18(16-6-2-1-3-7-16)14-21-26-20(27-30-21)10-4-9-19-12-11-17-8-5-13-24-23(17)25-19;3-2(4,5)1(6)7/h1-3,6-7,11-12,18H,4-5,8-10,13-15H2,(H,24,25)(H,28,29);(H,6,7). The predicted octanol–water partition coefficient (Wildman–Crippen LogP) is 4.43. The van der Waals surface area contributed by atoms with Crippen molar-refractivity contribution in [3.63, 3.8) is 0 Å². The number of hydrogen-bond acceptors (Lipinski definition) is 7. The first kappa shape index (κ1) is 27.6. The molecule has 1 atom stereocenters. The second-order valence-electron chi connectivity index (χ2n) is 8.51. The molecular weight excluding hydrogens is 493 g/mol. The molecule has 3 N–H and O–H groups in total. The number of hydrogen-bond donors (Lipinski definition) is 3. The number of aliphatic carboxylic acids is 2. The summed E-state index contributed by atoms with van der Waals surface area (Å²) in [5, 5.41) is 23.8. The summed E-state index contributed by atoms with van der Waals surface area (Å²) in [6.07, 6.45) is 0.0388. The lowest BCUT2D eigenvalue weighted by molar-refractivity contribution is -0.192. The summed E-state index contributed by atoms with van der Waals surface area (Å²) in [5.41, 5.74) is 3.33. The molecule has 0 saturated carbocycles. The third-order valence-electron chi connectivity index (χ3n) is 5.65. The molecule has 0 radical (unpaired) electrons. The topological polar surface area (TPSA) is 138 Å². The lowest BCUT2D eigenvalue weighted by Crippen LogP contribution is -2.21. The van der Waals surface area contributed by atoms with Crippen LogP contribution in [-0.4, -0.2) is 50.0 Å². The van der Waals surface area contributed by atoms with Crippen LogP contribution in [-0.2, 0) is 35.3 Å². The van der Waals surface area contributed by atoms with Crippen molar-refractivity contribution in [3.05, 3.63) is 71.0 Å². The highest BCUT2D eigenvalue weighted by atomic mass is 19.4. The van der Waals surface area contributed by atoms with Crippen LogP contribution in [0.5, 0.6) is 0 Å². The van der Waals surface area contributed by atoms with E-state index in [1.165, 1.54) is 5.56 Å². The van der Waals surface area contributed by atoms with Gasteiger partial charge in [-0.2, -0.15) is 18.2 Å². The quantitative estimate of drug-likeness (QED) is 0.374. The molecule has 0 aliphatic carbocycles. The van der Waals surface area contributed by atoms with Gasteiger partial charge in [0.05, 0.1) is 6.42 Å². The van der Waals surface area contributed by atoms with Crippen LogP contribution in [0.1, 0.15) is 53.7 Å². The van der Waals surface area contributed by atoms with Crippen LogP contribution in [0.4, 0.5) is 19.0 Å². The molecule has 3 aromatic rings. The number of aromatic nitrogens is 3. The average Bonchev–Trinajstić information content (AvgIpc) is 3.31. The Morgan fingerprint density at radius 2 is 1.78 bits per heavy atom. The molecule has 1 aromatic carbocycles. The van der Waals surface area contributed by atoms with E-state index >= 15 is 0 Å². The van der Waals surface area contributed by atoms with Gasteiger partial charge < -0.3 is 20.1 Å². The molecule has 37 heavy (non-hydrogen) atoms. The Balaban J connectivity index is 0.000000479. The summed E-state index contributed by atoms with van der Waals surface area (Å²) >= 11 is 0. The summed E-state index contributed by atoms with van der Waals surface area (Å²) in [4.78, 5) is 29.4. The maximum Gasteiger partial charge on any atom is 0.490 e. The van der Waals surface area contributed by atoms with Crippen molar-refractivity contribution in [3.8, 4) is 0 Å². The van der Waals surface area contributed by atoms with Crippen molar-refractivity contribution < 1.29 is 37.5 Å². The highest BCUT2D eigenvalue weighted by Gasteiger charge is 2.38. The van der Waals surface area contributed by atoms with E-state index in [1.807, 2.05) is 30.3 Å². The lowest BCUT2D eigenvalue weighted by Gasteiger charge is -2.17. The fourth-order valence-electron chi connectivity index (χ4n) is 3.86. The number of nitrogens with one attached hydrogen (secondary N) is 1. The van der Waals surface area contributed by atoms with Gasteiger partial charge in [0.15, 0.2) is 5.82 Å². The summed E-state index contributed by atoms with van der Waals surface area (Å²) in [6, 6.07) is 13.9. The maximum absolute atomic E-state index is 11.3. The van der Waals surface area contributed by atoms with Crippen LogP contribution >= 0.6 is 0 Å². The average molecular weight is 521 g/mol. The summed E-state index contributed by atoms with van der Waals surface area (Å²) in [7, 11) is 0. The number of anilines is 1. The molecule has 9 nitrogen and oxygen atoms in total. The second kappa shape index (κ2) is 12.8. The van der Waals surface area contributed by atoms with E-state index in [4.69, 9.17) is 19.4 Å². The SMILES string of the molecule is O=C(O)C(F)(F)F.O=C(O)CC(Cc1nc(CCCc2ccc3c(n2)NCCC3)no1)c1ccccc1. The van der Waals surface area contributed by atoms with Gasteiger partial charge in [-0.25, -0.2) is 9.78 Å². The highest BCUT2D eigenvalue weighted by molar-refractivity contribution is 5.73. The molecule has 12 heteroatoms. The summed E-state index contributed by atoms with van der Waals surface area (Å²) in [5.74, 6) is -1.63. The number of fused-ring (bicyclic) bond motifs is 1. The van der Waals surface area contributed by atoms with Gasteiger partial charge in [0, 0.05) is 31.0 Å². The monoisotopic (exact) mass is 520 g/mol. The minimum absolute atomic E-state index is 0.0275. The first-order valence-electron chi connectivity index (χ1n) is 11.7. The first-order chi connectivity index (χ1) is 17.6. The molecule has 3 heterocycles. The second-order valence-corrected chi connectivity index (χ2v) is 8.51. The van der Waals surface area contributed by atoms with Crippen LogP contribution in [0.2, 0.25) is 0 Å². The molecule has 1 aliphatic rings. The van der Waals surface area contributed by atoms with Gasteiger partial charge in [-0.05, 0) is 42.9 Å². The van der Waals surface area contributed by atoms with Crippen LogP contribution in [0.15, 0.2) is 47.0 Å². The number of rotatable bonds is 9. The number of pyridine rings is 1. The van der Waals surface area contributed by atoms with Gasteiger partial charge in [0.1, 0.15) is 5.82 Å². The Morgan fingerprint density at radius 3 is 2.46 bits per heavy atom. The third kappa shape index (κ3) is 8.89. The first-order valence-corrected chi connectivity index (χ1v) is 11.7. The number of aryl methyl sites for hydroxylation is 3. The molecule has 2 aromatic heterocycles. The minimum Gasteiger partial charge on any atom is -0.481 e. The van der Waals surface area contributed by atoms with Crippen molar-refractivity contribution in [1.82, 2.24) is 15.1 Å². The van der Waals surface area contributed by atoms with Crippen molar-refractivity contribution in [2.75, 3.05) is 11.9 Å². The summed E-state index contributed by atoms with van der Waals surface area (Å²) < 4.78 is 37.1. The number of carboxylic acid groups (broad SMARTS) is 2. The molecule has 4 rings (SSSR count). The Labute approximate surface area is 210 Å². The molecule has 0 spiro atoms. The Morgan fingerprint density at radius 1 is 1.05 bits per heavy atom. The Kier molecular flexibility index (Phi) is 9.58. The van der Waals surface area contributed by atoms with Crippen LogP contribution in [0, 0.1) is 0 Å². The molecule has 0 amide bonds. The van der Waals surface area contributed by atoms with Crippen LogP contribution in [0.25, 0.3) is 0 Å². The van der Waals surface area contributed by atoms with Crippen molar-refractivity contribution >= 4 is 17.8 Å². The number of nitrogens with zero attached hydrogens (tertiary/aromatic N) is 3.